The molecule has 1 amide bonds. The Morgan fingerprint density at radius 2 is 1.80 bits per heavy atom. The van der Waals surface area contributed by atoms with Gasteiger partial charge in [0.15, 0.2) is 0 Å². The quantitative estimate of drug-likeness (QED) is 0.640. The van der Waals surface area contributed by atoms with Crippen molar-refractivity contribution in [2.45, 2.75) is 0 Å². The van der Waals surface area contributed by atoms with Crippen LogP contribution in [0.3, 0.4) is 0 Å². The molecule has 0 atom stereocenters. The van der Waals surface area contributed by atoms with Crippen LogP contribution in [0.5, 0.6) is 5.75 Å². The normalized spacial score (nSPS) is 13.9. The van der Waals surface area contributed by atoms with Gasteiger partial charge < -0.3 is 19.9 Å². The fourth-order valence-electron chi connectivity index (χ4n) is 3.76. The number of amides is 1. The summed E-state index contributed by atoms with van der Waals surface area (Å²) in [6.07, 6.45) is 1.68. The number of carbonyl (C=O) groups is 1. The maximum absolute atomic E-state index is 12.7. The molecule has 0 unspecified atom stereocenters. The molecule has 154 valence electrons. The Kier molecular flexibility index (Phi) is 5.84. The third-order valence-electron chi connectivity index (χ3n) is 5.40. The molecule has 1 N–H and O–H groups in total. The fraction of sp³-hybridized carbons (Fsp3) is 0.250. The van der Waals surface area contributed by atoms with Crippen molar-refractivity contribution < 1.29 is 9.53 Å². The molecule has 0 radical (unpaired) electrons. The molecule has 0 aliphatic carbocycles. The predicted octanol–water partition coefficient (Wildman–Crippen LogP) is 3.49. The first-order chi connectivity index (χ1) is 14.7. The van der Waals surface area contributed by atoms with Gasteiger partial charge >= 0.3 is 0 Å². The highest BCUT2D eigenvalue weighted by atomic mass is 16.5. The molecule has 3 aromatic rings. The first kappa shape index (κ1) is 19.8. The molecule has 30 heavy (non-hydrogen) atoms. The molecule has 6 heteroatoms. The number of nitrogens with zero attached hydrogens (tertiary/aromatic N) is 3. The Labute approximate surface area is 176 Å². The molecule has 1 aliphatic heterocycles. The lowest BCUT2D eigenvalue weighted by Gasteiger charge is -2.37. The molecule has 0 bridgehead atoms. The van der Waals surface area contributed by atoms with E-state index in [0.29, 0.717) is 12.1 Å². The topological polar surface area (TPSA) is 57.7 Å². The van der Waals surface area contributed by atoms with E-state index < -0.39 is 0 Å². The second-order valence-electron chi connectivity index (χ2n) is 7.22. The van der Waals surface area contributed by atoms with E-state index in [4.69, 9.17) is 9.72 Å². The summed E-state index contributed by atoms with van der Waals surface area (Å²) in [6, 6.07) is 17.8. The van der Waals surface area contributed by atoms with E-state index in [9.17, 15) is 4.79 Å². The number of hydrogen-bond donors (Lipinski definition) is 1. The lowest BCUT2D eigenvalue weighted by Crippen LogP contribution is -2.46. The van der Waals surface area contributed by atoms with Crippen LogP contribution in [0.4, 0.5) is 11.5 Å². The molecule has 0 saturated carbocycles. The van der Waals surface area contributed by atoms with Gasteiger partial charge in [0.2, 0.25) is 0 Å². The van der Waals surface area contributed by atoms with Crippen LogP contribution < -0.4 is 19.9 Å². The molecular formula is C24H26N4O2. The summed E-state index contributed by atoms with van der Waals surface area (Å²) in [5.74, 6) is 1.60. The first-order valence-corrected chi connectivity index (χ1v) is 10.1. The number of ether oxygens (including phenoxy) is 1. The summed E-state index contributed by atoms with van der Waals surface area (Å²) in [4.78, 5) is 22.2. The van der Waals surface area contributed by atoms with Crippen molar-refractivity contribution in [2.75, 3.05) is 49.6 Å². The standard InChI is InChI=1S/C24H26N4O2/c1-3-12-25-24(29)21-17-23(26-22-7-5-4-6-20(21)22)28-15-13-27(14-16-28)18-8-10-19(30-2)11-9-18/h3-11,17H,1,12-16H2,2H3,(H,25,29). The molecule has 2 aromatic carbocycles. The van der Waals surface area contributed by atoms with Crippen molar-refractivity contribution in [2.24, 2.45) is 0 Å². The van der Waals surface area contributed by atoms with Gasteiger partial charge in [-0.05, 0) is 36.4 Å². The lowest BCUT2D eigenvalue weighted by molar-refractivity contribution is 0.0959. The molecule has 6 nitrogen and oxygen atoms in total. The zero-order valence-corrected chi connectivity index (χ0v) is 17.2. The highest BCUT2D eigenvalue weighted by Gasteiger charge is 2.21. The summed E-state index contributed by atoms with van der Waals surface area (Å²) in [6.45, 7) is 7.56. The summed E-state index contributed by atoms with van der Waals surface area (Å²) >= 11 is 0. The molecule has 1 aromatic heterocycles. The average Bonchev–Trinajstić information content (AvgIpc) is 2.82. The van der Waals surface area contributed by atoms with Crippen LogP contribution in [-0.2, 0) is 0 Å². The minimum absolute atomic E-state index is 0.105. The second-order valence-corrected chi connectivity index (χ2v) is 7.22. The third-order valence-corrected chi connectivity index (χ3v) is 5.40. The minimum atomic E-state index is -0.105. The van der Waals surface area contributed by atoms with Crippen LogP contribution in [-0.4, -0.2) is 50.7 Å². The number of hydrogen-bond acceptors (Lipinski definition) is 5. The fourth-order valence-corrected chi connectivity index (χ4v) is 3.76. The van der Waals surface area contributed by atoms with Crippen LogP contribution in [0.1, 0.15) is 10.4 Å². The second kappa shape index (κ2) is 8.86. The number of piperazine rings is 1. The Morgan fingerprint density at radius 3 is 2.50 bits per heavy atom. The number of rotatable bonds is 6. The highest BCUT2D eigenvalue weighted by Crippen LogP contribution is 2.26. The SMILES string of the molecule is C=CCNC(=O)c1cc(N2CCN(c3ccc(OC)cc3)CC2)nc2ccccc12. The van der Waals surface area contributed by atoms with Gasteiger partial charge in [0.05, 0.1) is 18.2 Å². The Hall–Kier alpha value is -3.54. The van der Waals surface area contributed by atoms with Crippen molar-refractivity contribution in [1.82, 2.24) is 10.3 Å². The summed E-state index contributed by atoms with van der Waals surface area (Å²) in [7, 11) is 1.68. The smallest absolute Gasteiger partial charge is 0.252 e. The van der Waals surface area contributed by atoms with E-state index >= 15 is 0 Å². The van der Waals surface area contributed by atoms with Gasteiger partial charge in [0.1, 0.15) is 11.6 Å². The van der Waals surface area contributed by atoms with E-state index in [1.54, 1.807) is 13.2 Å². The molecule has 0 spiro atoms. The molecule has 2 heterocycles. The minimum Gasteiger partial charge on any atom is -0.497 e. The number of pyridine rings is 1. The number of anilines is 2. The summed E-state index contributed by atoms with van der Waals surface area (Å²) < 4.78 is 5.25. The van der Waals surface area contributed by atoms with E-state index in [1.165, 1.54) is 5.69 Å². The van der Waals surface area contributed by atoms with Crippen molar-refractivity contribution >= 4 is 28.3 Å². The number of carbonyl (C=O) groups excluding carboxylic acids is 1. The van der Waals surface area contributed by atoms with E-state index in [2.05, 4.69) is 33.8 Å². The molecular weight excluding hydrogens is 376 g/mol. The van der Waals surface area contributed by atoms with E-state index in [0.717, 1.165) is 48.6 Å². The van der Waals surface area contributed by atoms with E-state index in [1.807, 2.05) is 42.5 Å². The Balaban J connectivity index is 1.54. The van der Waals surface area contributed by atoms with Crippen molar-refractivity contribution in [3.63, 3.8) is 0 Å². The van der Waals surface area contributed by atoms with Crippen LogP contribution in [0.2, 0.25) is 0 Å². The predicted molar refractivity (Wildman–Crippen MR) is 122 cm³/mol. The third kappa shape index (κ3) is 4.08. The van der Waals surface area contributed by atoms with Gasteiger partial charge in [0, 0.05) is 43.8 Å². The van der Waals surface area contributed by atoms with Gasteiger partial charge in [-0.1, -0.05) is 24.3 Å². The van der Waals surface area contributed by atoms with Crippen molar-refractivity contribution in [1.29, 1.82) is 0 Å². The number of aromatic nitrogens is 1. The van der Waals surface area contributed by atoms with Gasteiger partial charge in [-0.15, -0.1) is 6.58 Å². The first-order valence-electron chi connectivity index (χ1n) is 10.1. The summed E-state index contributed by atoms with van der Waals surface area (Å²) in [5, 5.41) is 3.75. The molecule has 1 aliphatic rings. The van der Waals surface area contributed by atoms with Crippen LogP contribution in [0, 0.1) is 0 Å². The monoisotopic (exact) mass is 402 g/mol. The molecule has 1 saturated heterocycles. The number of methoxy groups -OCH3 is 1. The van der Waals surface area contributed by atoms with Crippen LogP contribution >= 0.6 is 0 Å². The van der Waals surface area contributed by atoms with Crippen LogP contribution in [0.15, 0.2) is 67.3 Å². The van der Waals surface area contributed by atoms with Gasteiger partial charge in [-0.3, -0.25) is 4.79 Å². The number of para-hydroxylation sites is 1. The van der Waals surface area contributed by atoms with Gasteiger partial charge in [-0.25, -0.2) is 4.98 Å². The summed E-state index contributed by atoms with van der Waals surface area (Å²) in [5.41, 5.74) is 2.66. The molecule has 4 rings (SSSR count). The van der Waals surface area contributed by atoms with Gasteiger partial charge in [0.25, 0.3) is 5.91 Å². The lowest BCUT2D eigenvalue weighted by atomic mass is 10.1. The van der Waals surface area contributed by atoms with E-state index in [-0.39, 0.29) is 5.91 Å². The van der Waals surface area contributed by atoms with Crippen molar-refractivity contribution in [3.05, 3.63) is 72.8 Å². The van der Waals surface area contributed by atoms with Gasteiger partial charge in [-0.2, -0.15) is 0 Å². The number of fused-ring (bicyclic) bond motifs is 1. The largest absolute Gasteiger partial charge is 0.497 e. The Morgan fingerprint density at radius 1 is 1.10 bits per heavy atom. The maximum Gasteiger partial charge on any atom is 0.252 e. The van der Waals surface area contributed by atoms with Crippen molar-refractivity contribution in [3.8, 4) is 5.75 Å². The maximum atomic E-state index is 12.7. The Bertz CT molecular complexity index is 1040. The number of benzene rings is 2. The average molecular weight is 402 g/mol. The zero-order valence-electron chi connectivity index (χ0n) is 17.2. The zero-order chi connectivity index (χ0) is 20.9. The number of nitrogens with one attached hydrogen (secondary N) is 1. The van der Waals surface area contributed by atoms with Crippen LogP contribution in [0.25, 0.3) is 10.9 Å². The molecule has 1 fully saturated rings. The highest BCUT2D eigenvalue weighted by molar-refractivity contribution is 6.07.